The van der Waals surface area contributed by atoms with E-state index in [4.69, 9.17) is 16.3 Å². The molecule has 0 spiro atoms. The molecule has 1 amide bonds. The second kappa shape index (κ2) is 11.2. The lowest BCUT2D eigenvalue weighted by molar-refractivity contribution is -0.116. The molecular formula is C23H30ClN3O6S2. The average molecular weight is 544 g/mol. The number of amides is 1. The second-order valence-corrected chi connectivity index (χ2v) is 12.6. The number of rotatable bonds is 8. The van der Waals surface area contributed by atoms with E-state index in [-0.39, 0.29) is 15.6 Å². The van der Waals surface area contributed by atoms with Crippen LogP contribution in [0.5, 0.6) is 5.75 Å². The Morgan fingerprint density at radius 3 is 2.14 bits per heavy atom. The van der Waals surface area contributed by atoms with Crippen molar-refractivity contribution in [2.24, 2.45) is 0 Å². The summed E-state index contributed by atoms with van der Waals surface area (Å²) in [7, 11) is -6.02. The lowest BCUT2D eigenvalue weighted by Crippen LogP contribution is -2.45. The topological polar surface area (TPSA) is 113 Å². The van der Waals surface area contributed by atoms with Crippen molar-refractivity contribution in [3.8, 4) is 5.75 Å². The average Bonchev–Trinajstić information content (AvgIpc) is 3.09. The summed E-state index contributed by atoms with van der Waals surface area (Å²) in [4.78, 5) is 13.1. The normalized spacial score (nSPS) is 16.2. The van der Waals surface area contributed by atoms with Crippen molar-refractivity contribution < 1.29 is 26.4 Å². The molecule has 1 heterocycles. The van der Waals surface area contributed by atoms with Crippen molar-refractivity contribution in [3.05, 3.63) is 47.5 Å². The molecule has 0 aromatic heterocycles. The van der Waals surface area contributed by atoms with Crippen LogP contribution in [0, 0.1) is 0 Å². The van der Waals surface area contributed by atoms with Crippen LogP contribution < -0.4 is 14.4 Å². The first kappa shape index (κ1) is 27.3. The van der Waals surface area contributed by atoms with Gasteiger partial charge >= 0.3 is 0 Å². The lowest BCUT2D eigenvalue weighted by Gasteiger charge is -2.28. The zero-order chi connectivity index (χ0) is 25.8. The molecule has 2 aromatic rings. The number of sulfonamides is 2. The largest absolute Gasteiger partial charge is 0.495 e. The van der Waals surface area contributed by atoms with Gasteiger partial charge in [-0.1, -0.05) is 24.4 Å². The number of nitrogens with one attached hydrogen (secondary N) is 1. The summed E-state index contributed by atoms with van der Waals surface area (Å²) in [6.07, 6.45) is 4.70. The maximum Gasteiger partial charge on any atom is 0.247 e. The van der Waals surface area contributed by atoms with E-state index in [0.717, 1.165) is 36.2 Å². The summed E-state index contributed by atoms with van der Waals surface area (Å²) < 4.78 is 58.5. The predicted octanol–water partition coefficient (Wildman–Crippen LogP) is 3.71. The van der Waals surface area contributed by atoms with E-state index in [1.54, 1.807) is 0 Å². The van der Waals surface area contributed by atoms with Crippen molar-refractivity contribution in [2.75, 3.05) is 36.1 Å². The number of benzene rings is 2. The first-order chi connectivity index (χ1) is 16.4. The highest BCUT2D eigenvalue weighted by molar-refractivity contribution is 7.92. The monoisotopic (exact) mass is 543 g/mol. The fraction of sp³-hybridized carbons (Fsp3) is 0.435. The zero-order valence-electron chi connectivity index (χ0n) is 19.9. The summed E-state index contributed by atoms with van der Waals surface area (Å²) in [5.74, 6) is -0.221. The number of ether oxygens (including phenoxy) is 1. The van der Waals surface area contributed by atoms with Crippen molar-refractivity contribution in [2.45, 2.75) is 43.5 Å². The molecule has 0 saturated carbocycles. The van der Waals surface area contributed by atoms with Crippen LogP contribution in [0.2, 0.25) is 5.02 Å². The lowest BCUT2D eigenvalue weighted by atomic mass is 10.2. The van der Waals surface area contributed by atoms with E-state index >= 15 is 0 Å². The van der Waals surface area contributed by atoms with Crippen LogP contribution in [-0.2, 0) is 24.8 Å². The van der Waals surface area contributed by atoms with E-state index in [2.05, 4.69) is 5.32 Å². The number of anilines is 2. The molecule has 12 heteroatoms. The maximum absolute atomic E-state index is 13.0. The van der Waals surface area contributed by atoms with Crippen molar-refractivity contribution in [3.63, 3.8) is 0 Å². The van der Waals surface area contributed by atoms with E-state index in [1.165, 1.54) is 60.8 Å². The first-order valence-electron chi connectivity index (χ1n) is 11.2. The number of halogens is 1. The maximum atomic E-state index is 13.0. The Kier molecular flexibility index (Phi) is 8.68. The molecule has 0 aliphatic carbocycles. The Bertz CT molecular complexity index is 1260. The summed E-state index contributed by atoms with van der Waals surface area (Å²) in [6.45, 7) is 2.44. The Labute approximate surface area is 212 Å². The third kappa shape index (κ3) is 6.46. The van der Waals surface area contributed by atoms with Gasteiger partial charge in [-0.05, 0) is 62.2 Å². The van der Waals surface area contributed by atoms with Gasteiger partial charge in [-0.3, -0.25) is 9.10 Å². The minimum atomic E-state index is -3.84. The predicted molar refractivity (Wildman–Crippen MR) is 137 cm³/mol. The highest BCUT2D eigenvalue weighted by Gasteiger charge is 2.30. The molecule has 9 nitrogen and oxygen atoms in total. The Balaban J connectivity index is 1.78. The van der Waals surface area contributed by atoms with Gasteiger partial charge in [0.2, 0.25) is 26.0 Å². The molecular weight excluding hydrogens is 514 g/mol. The standard InChI is InChI=1S/C23H30ClN3O6S2/c1-17(27(34(3,29)30)19-10-13-22(33-2)21(24)16-19)23(28)25-18-8-11-20(12-9-18)35(31,32)26-14-6-4-5-7-15-26/h8-13,16-17H,4-7,14-15H2,1-3H3,(H,25,28). The summed E-state index contributed by atoms with van der Waals surface area (Å²) in [5, 5.41) is 2.86. The number of methoxy groups -OCH3 is 1. The fourth-order valence-electron chi connectivity index (χ4n) is 3.99. The molecule has 35 heavy (non-hydrogen) atoms. The molecule has 0 bridgehead atoms. The highest BCUT2D eigenvalue weighted by atomic mass is 35.5. The number of carbonyl (C=O) groups is 1. The van der Waals surface area contributed by atoms with Crippen molar-refractivity contribution in [1.29, 1.82) is 0 Å². The molecule has 2 aromatic carbocycles. The van der Waals surface area contributed by atoms with Crippen LogP contribution in [0.3, 0.4) is 0 Å². The fourth-order valence-corrected chi connectivity index (χ4v) is 6.92. The summed E-state index contributed by atoms with van der Waals surface area (Å²) >= 11 is 6.15. The van der Waals surface area contributed by atoms with Gasteiger partial charge in [0.15, 0.2) is 0 Å². The molecule has 3 rings (SSSR count). The Morgan fingerprint density at radius 2 is 1.63 bits per heavy atom. The van der Waals surface area contributed by atoms with Gasteiger partial charge < -0.3 is 10.1 Å². The van der Waals surface area contributed by atoms with Gasteiger partial charge in [-0.25, -0.2) is 16.8 Å². The van der Waals surface area contributed by atoms with Crippen LogP contribution in [0.25, 0.3) is 0 Å². The van der Waals surface area contributed by atoms with Gasteiger partial charge in [0, 0.05) is 18.8 Å². The third-order valence-electron chi connectivity index (χ3n) is 5.80. The Morgan fingerprint density at radius 1 is 1.03 bits per heavy atom. The number of carbonyl (C=O) groups excluding carboxylic acids is 1. The van der Waals surface area contributed by atoms with Gasteiger partial charge in [0.05, 0.1) is 29.0 Å². The molecule has 1 aliphatic rings. The van der Waals surface area contributed by atoms with Crippen LogP contribution in [0.1, 0.15) is 32.6 Å². The molecule has 1 N–H and O–H groups in total. The van der Waals surface area contributed by atoms with E-state index in [1.807, 2.05) is 0 Å². The zero-order valence-corrected chi connectivity index (χ0v) is 22.3. The summed E-state index contributed by atoms with van der Waals surface area (Å²) in [6, 6.07) is 9.18. The van der Waals surface area contributed by atoms with Crippen LogP contribution in [0.4, 0.5) is 11.4 Å². The number of hydrogen-bond donors (Lipinski definition) is 1. The second-order valence-electron chi connectivity index (χ2n) is 8.39. The van der Waals surface area contributed by atoms with Crippen LogP contribution >= 0.6 is 11.6 Å². The number of nitrogens with zero attached hydrogens (tertiary/aromatic N) is 2. The van der Waals surface area contributed by atoms with Gasteiger partial charge in [-0.15, -0.1) is 0 Å². The minimum absolute atomic E-state index is 0.149. The quantitative estimate of drug-likeness (QED) is 0.543. The van der Waals surface area contributed by atoms with Gasteiger partial charge in [-0.2, -0.15) is 4.31 Å². The van der Waals surface area contributed by atoms with E-state index in [9.17, 15) is 21.6 Å². The molecule has 1 unspecified atom stereocenters. The van der Waals surface area contributed by atoms with Crippen LogP contribution in [-0.4, -0.2) is 59.5 Å². The minimum Gasteiger partial charge on any atom is -0.495 e. The first-order valence-corrected chi connectivity index (χ1v) is 14.9. The number of hydrogen-bond acceptors (Lipinski definition) is 6. The third-order valence-corrected chi connectivity index (χ3v) is 9.25. The van der Waals surface area contributed by atoms with Gasteiger partial charge in [0.1, 0.15) is 11.8 Å². The summed E-state index contributed by atoms with van der Waals surface area (Å²) in [5.41, 5.74) is 0.553. The van der Waals surface area contributed by atoms with Crippen LogP contribution in [0.15, 0.2) is 47.4 Å². The van der Waals surface area contributed by atoms with Crippen molar-refractivity contribution >= 4 is 48.9 Å². The van der Waals surface area contributed by atoms with E-state index in [0.29, 0.717) is 24.5 Å². The molecule has 192 valence electrons. The molecule has 0 radical (unpaired) electrons. The molecule has 1 saturated heterocycles. The SMILES string of the molecule is COc1ccc(N(C(C)C(=O)Nc2ccc(S(=O)(=O)N3CCCCCC3)cc2)S(C)(=O)=O)cc1Cl. The Hall–Kier alpha value is -2.34. The van der Waals surface area contributed by atoms with Crippen molar-refractivity contribution in [1.82, 2.24) is 4.31 Å². The molecule has 1 fully saturated rings. The molecule has 1 atom stereocenters. The van der Waals surface area contributed by atoms with Gasteiger partial charge in [0.25, 0.3) is 0 Å². The highest BCUT2D eigenvalue weighted by Crippen LogP contribution is 2.31. The van der Waals surface area contributed by atoms with E-state index < -0.39 is 32.0 Å². The smallest absolute Gasteiger partial charge is 0.247 e. The molecule has 1 aliphatic heterocycles.